The number of carbonyl (C=O) groups excluding carboxylic acids is 1. The Kier molecular flexibility index (Phi) is 6.89. The van der Waals surface area contributed by atoms with Crippen LogP contribution in [0.3, 0.4) is 0 Å². The Morgan fingerprint density at radius 2 is 2.26 bits per heavy atom. The van der Waals surface area contributed by atoms with Crippen LogP contribution in [0.15, 0.2) is 4.52 Å². The SMILES string of the molecule is CC[C@@H](SC)C(=O)N1CCC[C@H](N(C)Cc2noc(C)n2)CC1. The van der Waals surface area contributed by atoms with E-state index in [1.165, 1.54) is 0 Å². The highest BCUT2D eigenvalue weighted by atomic mass is 32.2. The van der Waals surface area contributed by atoms with Crippen molar-refractivity contribution in [3.05, 3.63) is 11.7 Å². The van der Waals surface area contributed by atoms with Crippen molar-refractivity contribution < 1.29 is 9.32 Å². The summed E-state index contributed by atoms with van der Waals surface area (Å²) in [6.45, 7) is 6.30. The molecule has 0 saturated carbocycles. The zero-order valence-corrected chi connectivity index (χ0v) is 15.4. The average Bonchev–Trinajstić information content (AvgIpc) is 2.80. The summed E-state index contributed by atoms with van der Waals surface area (Å²) in [7, 11) is 2.10. The molecule has 7 heteroatoms. The van der Waals surface area contributed by atoms with Crippen molar-refractivity contribution in [2.45, 2.75) is 57.4 Å². The highest BCUT2D eigenvalue weighted by molar-refractivity contribution is 7.99. The quantitative estimate of drug-likeness (QED) is 0.792. The van der Waals surface area contributed by atoms with Crippen molar-refractivity contribution in [2.75, 3.05) is 26.4 Å². The van der Waals surface area contributed by atoms with Crippen molar-refractivity contribution >= 4 is 17.7 Å². The van der Waals surface area contributed by atoms with Gasteiger partial charge >= 0.3 is 0 Å². The number of aryl methyl sites for hydroxylation is 1. The summed E-state index contributed by atoms with van der Waals surface area (Å²) < 4.78 is 5.03. The number of rotatable bonds is 6. The molecule has 130 valence electrons. The number of carbonyl (C=O) groups is 1. The van der Waals surface area contributed by atoms with E-state index in [-0.39, 0.29) is 5.25 Å². The lowest BCUT2D eigenvalue weighted by atomic mass is 10.1. The standard InChI is InChI=1S/C16H28N4O2S/c1-5-14(23-4)16(21)20-9-6-7-13(8-10-20)19(3)11-15-17-12(2)22-18-15/h13-14H,5-11H2,1-4H3/t13-,14+/m0/s1. The van der Waals surface area contributed by atoms with E-state index in [2.05, 4.69) is 33.9 Å². The molecule has 0 aliphatic carbocycles. The van der Waals surface area contributed by atoms with Gasteiger partial charge < -0.3 is 9.42 Å². The van der Waals surface area contributed by atoms with Crippen molar-refractivity contribution in [3.63, 3.8) is 0 Å². The molecule has 1 amide bonds. The molecule has 1 aliphatic rings. The Morgan fingerprint density at radius 3 is 2.87 bits per heavy atom. The first-order chi connectivity index (χ1) is 11.0. The summed E-state index contributed by atoms with van der Waals surface area (Å²) >= 11 is 1.66. The van der Waals surface area contributed by atoms with E-state index in [4.69, 9.17) is 4.52 Å². The van der Waals surface area contributed by atoms with E-state index >= 15 is 0 Å². The minimum Gasteiger partial charge on any atom is -0.342 e. The fourth-order valence-corrected chi connectivity index (χ4v) is 3.83. The van der Waals surface area contributed by atoms with Crippen LogP contribution in [0.25, 0.3) is 0 Å². The second kappa shape index (κ2) is 8.68. The molecule has 0 radical (unpaired) electrons. The van der Waals surface area contributed by atoms with Crippen LogP contribution in [0.5, 0.6) is 0 Å². The van der Waals surface area contributed by atoms with Gasteiger partial charge in [-0.1, -0.05) is 12.1 Å². The van der Waals surface area contributed by atoms with Crippen LogP contribution in [-0.4, -0.2) is 63.5 Å². The first-order valence-electron chi connectivity index (χ1n) is 8.36. The summed E-state index contributed by atoms with van der Waals surface area (Å²) in [4.78, 5) is 21.1. The molecule has 0 bridgehead atoms. The second-order valence-corrected chi connectivity index (χ2v) is 7.23. The molecule has 23 heavy (non-hydrogen) atoms. The minimum absolute atomic E-state index is 0.103. The molecule has 1 fully saturated rings. The molecule has 2 heterocycles. The normalized spacial score (nSPS) is 20.6. The Balaban J connectivity index is 1.88. The molecule has 0 unspecified atom stereocenters. The van der Waals surface area contributed by atoms with Gasteiger partial charge in [-0.3, -0.25) is 9.69 Å². The first kappa shape index (κ1) is 18.3. The van der Waals surface area contributed by atoms with Gasteiger partial charge in [0, 0.05) is 26.1 Å². The Hall–Kier alpha value is -1.08. The molecule has 1 aliphatic heterocycles. The number of nitrogens with zero attached hydrogens (tertiary/aromatic N) is 4. The lowest BCUT2D eigenvalue weighted by molar-refractivity contribution is -0.130. The molecule has 1 saturated heterocycles. The maximum atomic E-state index is 12.5. The molecule has 2 atom stereocenters. The maximum absolute atomic E-state index is 12.5. The summed E-state index contributed by atoms with van der Waals surface area (Å²) in [5.41, 5.74) is 0. The minimum atomic E-state index is 0.103. The average molecular weight is 340 g/mol. The van der Waals surface area contributed by atoms with Gasteiger partial charge in [0.1, 0.15) is 0 Å². The van der Waals surface area contributed by atoms with Crippen LogP contribution in [-0.2, 0) is 11.3 Å². The van der Waals surface area contributed by atoms with E-state index in [0.29, 0.717) is 24.4 Å². The topological polar surface area (TPSA) is 62.5 Å². The zero-order chi connectivity index (χ0) is 16.8. The first-order valence-corrected chi connectivity index (χ1v) is 9.65. The molecule has 0 spiro atoms. The molecule has 1 aromatic rings. The lowest BCUT2D eigenvalue weighted by Crippen LogP contribution is -2.39. The van der Waals surface area contributed by atoms with Crippen LogP contribution in [0.4, 0.5) is 0 Å². The van der Waals surface area contributed by atoms with E-state index in [1.54, 1.807) is 11.8 Å². The lowest BCUT2D eigenvalue weighted by Gasteiger charge is -2.27. The molecule has 0 aromatic carbocycles. The Bertz CT molecular complexity index is 504. The highest BCUT2D eigenvalue weighted by Crippen LogP contribution is 2.20. The predicted molar refractivity (Wildman–Crippen MR) is 92.3 cm³/mol. The number of hydrogen-bond acceptors (Lipinski definition) is 6. The fourth-order valence-electron chi connectivity index (χ4n) is 3.14. The van der Waals surface area contributed by atoms with Crippen LogP contribution in [0.2, 0.25) is 0 Å². The van der Waals surface area contributed by atoms with Crippen LogP contribution in [0, 0.1) is 6.92 Å². The van der Waals surface area contributed by atoms with Gasteiger partial charge in [0.25, 0.3) is 0 Å². The Labute approximate surface area is 143 Å². The van der Waals surface area contributed by atoms with Gasteiger partial charge in [-0.05, 0) is 39.0 Å². The van der Waals surface area contributed by atoms with Gasteiger partial charge in [-0.15, -0.1) is 0 Å². The molecule has 6 nitrogen and oxygen atoms in total. The van der Waals surface area contributed by atoms with Crippen molar-refractivity contribution in [3.8, 4) is 0 Å². The summed E-state index contributed by atoms with van der Waals surface area (Å²) in [6.07, 6.45) is 6.08. The van der Waals surface area contributed by atoms with Gasteiger partial charge in [-0.25, -0.2) is 0 Å². The summed E-state index contributed by atoms with van der Waals surface area (Å²) in [6, 6.07) is 0.459. The van der Waals surface area contributed by atoms with Crippen molar-refractivity contribution in [1.29, 1.82) is 0 Å². The van der Waals surface area contributed by atoms with Crippen LogP contribution < -0.4 is 0 Å². The molecular formula is C16H28N4O2S. The number of likely N-dealkylation sites (tertiary alicyclic amines) is 1. The smallest absolute Gasteiger partial charge is 0.235 e. The van der Waals surface area contributed by atoms with Gasteiger partial charge in [-0.2, -0.15) is 16.7 Å². The van der Waals surface area contributed by atoms with E-state index in [1.807, 2.05) is 13.2 Å². The molecule has 0 N–H and O–H groups in total. The zero-order valence-electron chi connectivity index (χ0n) is 14.6. The van der Waals surface area contributed by atoms with Gasteiger partial charge in [0.15, 0.2) is 5.82 Å². The number of aromatic nitrogens is 2. The largest absolute Gasteiger partial charge is 0.342 e. The van der Waals surface area contributed by atoms with Gasteiger partial charge in [0.05, 0.1) is 11.8 Å². The molecular weight excluding hydrogens is 312 g/mol. The van der Waals surface area contributed by atoms with E-state index in [9.17, 15) is 4.79 Å². The van der Waals surface area contributed by atoms with Crippen LogP contribution >= 0.6 is 11.8 Å². The Morgan fingerprint density at radius 1 is 1.48 bits per heavy atom. The summed E-state index contributed by atoms with van der Waals surface area (Å²) in [5.74, 6) is 1.64. The number of amides is 1. The van der Waals surface area contributed by atoms with E-state index < -0.39 is 0 Å². The summed E-state index contributed by atoms with van der Waals surface area (Å²) in [5, 5.41) is 4.07. The third-order valence-electron chi connectivity index (χ3n) is 4.52. The third kappa shape index (κ3) is 4.94. The fraction of sp³-hybridized carbons (Fsp3) is 0.812. The molecule has 1 aromatic heterocycles. The number of hydrogen-bond donors (Lipinski definition) is 0. The second-order valence-electron chi connectivity index (χ2n) is 6.19. The maximum Gasteiger partial charge on any atom is 0.235 e. The number of thioether (sulfide) groups is 1. The van der Waals surface area contributed by atoms with E-state index in [0.717, 1.165) is 44.6 Å². The third-order valence-corrected chi connectivity index (χ3v) is 5.63. The highest BCUT2D eigenvalue weighted by Gasteiger charge is 2.27. The monoisotopic (exact) mass is 340 g/mol. The van der Waals surface area contributed by atoms with Crippen molar-refractivity contribution in [2.24, 2.45) is 0 Å². The predicted octanol–water partition coefficient (Wildman–Crippen LogP) is 2.33. The van der Waals surface area contributed by atoms with Gasteiger partial charge in [0.2, 0.25) is 11.8 Å². The van der Waals surface area contributed by atoms with Crippen LogP contribution in [0.1, 0.15) is 44.3 Å². The van der Waals surface area contributed by atoms with Crippen molar-refractivity contribution in [1.82, 2.24) is 19.9 Å². The molecule has 2 rings (SSSR count).